The molecule has 28 heavy (non-hydrogen) atoms. The van der Waals surface area contributed by atoms with Gasteiger partial charge in [-0.25, -0.2) is 0 Å². The van der Waals surface area contributed by atoms with E-state index in [1.165, 1.54) is 5.39 Å². The molecule has 0 fully saturated rings. The summed E-state index contributed by atoms with van der Waals surface area (Å²) in [5, 5.41) is 15.4. The molecule has 2 aromatic heterocycles. The fraction of sp³-hybridized carbons (Fsp3) is 0.167. The molecule has 0 saturated carbocycles. The van der Waals surface area contributed by atoms with Gasteiger partial charge in [-0.3, -0.25) is 0 Å². The summed E-state index contributed by atoms with van der Waals surface area (Å²) in [6.45, 7) is 5.35. The van der Waals surface area contributed by atoms with Crippen LogP contribution < -0.4 is 0 Å². The molecule has 3 nitrogen and oxygen atoms in total. The molecule has 5 aromatic rings. The number of aromatic hydroxyl groups is 1. The molecule has 0 unspecified atom stereocenters. The molecule has 2 heterocycles. The molecule has 0 amide bonds. The number of H-pyrrole nitrogens is 1. The average Bonchev–Trinajstić information content (AvgIpc) is 3.25. The Kier molecular flexibility index (Phi) is 3.88. The quantitative estimate of drug-likeness (QED) is 0.344. The lowest BCUT2D eigenvalue weighted by molar-refractivity contribution is 0.476. The van der Waals surface area contributed by atoms with Gasteiger partial charge >= 0.3 is 0 Å². The van der Waals surface area contributed by atoms with E-state index in [4.69, 9.17) is 11.6 Å². The third kappa shape index (κ3) is 2.50. The van der Waals surface area contributed by atoms with Gasteiger partial charge in [0, 0.05) is 56.6 Å². The van der Waals surface area contributed by atoms with E-state index in [9.17, 15) is 5.11 Å². The highest BCUT2D eigenvalue weighted by atomic mass is 35.5. The molecule has 0 aliphatic heterocycles. The van der Waals surface area contributed by atoms with Crippen molar-refractivity contribution in [1.82, 2.24) is 9.55 Å². The third-order valence-corrected chi connectivity index (χ3v) is 5.71. The highest BCUT2D eigenvalue weighted by molar-refractivity contribution is 6.34. The number of aromatic nitrogens is 2. The average molecular weight is 389 g/mol. The van der Waals surface area contributed by atoms with Gasteiger partial charge in [-0.05, 0) is 41.8 Å². The monoisotopic (exact) mass is 388 g/mol. The van der Waals surface area contributed by atoms with Crippen LogP contribution >= 0.6 is 11.6 Å². The van der Waals surface area contributed by atoms with Crippen LogP contribution in [-0.4, -0.2) is 14.7 Å². The fourth-order valence-electron chi connectivity index (χ4n) is 4.27. The second-order valence-corrected chi connectivity index (χ2v) is 8.19. The maximum atomic E-state index is 10.1. The SMILES string of the molecule is CC(C)Cn1c2ccc(O)cc2c2c3c[nH]cc3c(-c3ccccc3Cl)cc21. The van der Waals surface area contributed by atoms with Crippen LogP contribution in [0.2, 0.25) is 5.02 Å². The van der Waals surface area contributed by atoms with Crippen molar-refractivity contribution in [1.29, 1.82) is 0 Å². The number of nitrogens with one attached hydrogen (secondary N) is 1. The van der Waals surface area contributed by atoms with E-state index in [0.29, 0.717) is 5.92 Å². The van der Waals surface area contributed by atoms with Crippen LogP contribution in [-0.2, 0) is 6.54 Å². The van der Waals surface area contributed by atoms with Crippen molar-refractivity contribution in [3.8, 4) is 16.9 Å². The van der Waals surface area contributed by atoms with Crippen molar-refractivity contribution in [2.75, 3.05) is 0 Å². The molecule has 4 heteroatoms. The Hall–Kier alpha value is -2.91. The van der Waals surface area contributed by atoms with Crippen LogP contribution in [0.25, 0.3) is 43.7 Å². The van der Waals surface area contributed by atoms with Crippen LogP contribution in [0.5, 0.6) is 5.75 Å². The van der Waals surface area contributed by atoms with Crippen molar-refractivity contribution >= 4 is 44.2 Å². The maximum absolute atomic E-state index is 10.1. The zero-order valence-electron chi connectivity index (χ0n) is 15.8. The molecule has 0 saturated heterocycles. The first kappa shape index (κ1) is 17.2. The molecule has 0 aliphatic carbocycles. The standard InChI is InChI=1S/C24H21ClN2O/c1-14(2)13-27-22-8-7-15(28)9-18(22)24-20-12-26-11-19(20)17(10-23(24)27)16-5-3-4-6-21(16)25/h3-12,14,26,28H,13H2,1-2H3. The Morgan fingerprint density at radius 2 is 1.71 bits per heavy atom. The second-order valence-electron chi connectivity index (χ2n) is 7.79. The summed E-state index contributed by atoms with van der Waals surface area (Å²) in [4.78, 5) is 3.27. The summed E-state index contributed by atoms with van der Waals surface area (Å²) in [6, 6.07) is 15.9. The van der Waals surface area contributed by atoms with Crippen LogP contribution in [0.4, 0.5) is 0 Å². The van der Waals surface area contributed by atoms with Gasteiger partial charge in [-0.1, -0.05) is 43.6 Å². The lowest BCUT2D eigenvalue weighted by Crippen LogP contribution is -2.03. The molecular formula is C24H21ClN2O. The fourth-order valence-corrected chi connectivity index (χ4v) is 4.51. The third-order valence-electron chi connectivity index (χ3n) is 5.39. The van der Waals surface area contributed by atoms with Gasteiger partial charge in [0.2, 0.25) is 0 Å². The largest absolute Gasteiger partial charge is 0.508 e. The maximum Gasteiger partial charge on any atom is 0.116 e. The van der Waals surface area contributed by atoms with Gasteiger partial charge in [0.05, 0.1) is 5.52 Å². The van der Waals surface area contributed by atoms with Crippen molar-refractivity contribution in [3.63, 3.8) is 0 Å². The summed E-state index contributed by atoms with van der Waals surface area (Å²) >= 11 is 6.55. The topological polar surface area (TPSA) is 41.0 Å². The van der Waals surface area contributed by atoms with E-state index < -0.39 is 0 Å². The minimum absolute atomic E-state index is 0.287. The highest BCUT2D eigenvalue weighted by Gasteiger charge is 2.19. The van der Waals surface area contributed by atoms with E-state index in [1.54, 1.807) is 6.07 Å². The minimum Gasteiger partial charge on any atom is -0.508 e. The van der Waals surface area contributed by atoms with E-state index in [0.717, 1.165) is 49.9 Å². The Balaban J connectivity index is 1.98. The van der Waals surface area contributed by atoms with Crippen LogP contribution in [0, 0.1) is 5.92 Å². The van der Waals surface area contributed by atoms with Gasteiger partial charge in [-0.2, -0.15) is 0 Å². The molecule has 0 aliphatic rings. The molecule has 140 valence electrons. The second kappa shape index (κ2) is 6.32. The Labute approximate surface area is 168 Å². The van der Waals surface area contributed by atoms with E-state index in [1.807, 2.05) is 42.7 Å². The first-order valence-electron chi connectivity index (χ1n) is 9.54. The molecular weight excluding hydrogens is 368 g/mol. The van der Waals surface area contributed by atoms with Gasteiger partial charge < -0.3 is 14.7 Å². The number of hydrogen-bond acceptors (Lipinski definition) is 1. The number of hydrogen-bond donors (Lipinski definition) is 2. The summed E-state index contributed by atoms with van der Waals surface area (Å²) in [6.07, 6.45) is 4.07. The smallest absolute Gasteiger partial charge is 0.116 e. The number of halogens is 1. The number of nitrogens with zero attached hydrogens (tertiary/aromatic N) is 1. The van der Waals surface area contributed by atoms with Crippen molar-refractivity contribution in [2.24, 2.45) is 5.92 Å². The molecule has 0 atom stereocenters. The van der Waals surface area contributed by atoms with Gasteiger partial charge in [0.1, 0.15) is 5.75 Å². The van der Waals surface area contributed by atoms with E-state index in [-0.39, 0.29) is 5.75 Å². The Morgan fingerprint density at radius 3 is 2.50 bits per heavy atom. The number of aromatic amines is 1. The van der Waals surface area contributed by atoms with Crippen LogP contribution in [0.1, 0.15) is 13.8 Å². The summed E-state index contributed by atoms with van der Waals surface area (Å²) in [5.74, 6) is 0.785. The number of phenolic OH excluding ortho intramolecular Hbond substituents is 1. The molecule has 5 rings (SSSR count). The van der Waals surface area contributed by atoms with Gasteiger partial charge in [0.15, 0.2) is 0 Å². The molecule has 3 aromatic carbocycles. The molecule has 0 spiro atoms. The number of rotatable bonds is 3. The first-order chi connectivity index (χ1) is 13.5. The number of phenols is 1. The predicted octanol–water partition coefficient (Wildman–Crippen LogP) is 6.96. The summed E-state index contributed by atoms with van der Waals surface area (Å²) < 4.78 is 2.36. The lowest BCUT2D eigenvalue weighted by Gasteiger charge is -2.12. The van der Waals surface area contributed by atoms with Gasteiger partial charge in [0.25, 0.3) is 0 Å². The Bertz CT molecular complexity index is 1340. The van der Waals surface area contributed by atoms with Crippen molar-refractivity contribution in [3.05, 3.63) is 65.9 Å². The van der Waals surface area contributed by atoms with Gasteiger partial charge in [-0.15, -0.1) is 0 Å². The predicted molar refractivity (Wildman–Crippen MR) is 118 cm³/mol. The highest BCUT2D eigenvalue weighted by Crippen LogP contribution is 2.42. The summed E-state index contributed by atoms with van der Waals surface area (Å²) in [7, 11) is 0. The lowest BCUT2D eigenvalue weighted by atomic mass is 9.97. The molecule has 0 radical (unpaired) electrons. The van der Waals surface area contributed by atoms with E-state index >= 15 is 0 Å². The number of fused-ring (bicyclic) bond motifs is 5. The zero-order chi connectivity index (χ0) is 19.4. The molecule has 2 N–H and O–H groups in total. The zero-order valence-corrected chi connectivity index (χ0v) is 16.6. The van der Waals surface area contributed by atoms with Crippen LogP contribution in [0.3, 0.4) is 0 Å². The van der Waals surface area contributed by atoms with Crippen LogP contribution in [0.15, 0.2) is 60.9 Å². The van der Waals surface area contributed by atoms with E-state index in [2.05, 4.69) is 35.5 Å². The Morgan fingerprint density at radius 1 is 0.929 bits per heavy atom. The minimum atomic E-state index is 0.287. The molecule has 0 bridgehead atoms. The summed E-state index contributed by atoms with van der Waals surface area (Å²) in [5.41, 5.74) is 4.45. The normalized spacial score (nSPS) is 12.0. The first-order valence-corrected chi connectivity index (χ1v) is 9.91. The van der Waals surface area contributed by atoms with Crippen molar-refractivity contribution < 1.29 is 5.11 Å². The number of benzene rings is 3. The van der Waals surface area contributed by atoms with Crippen molar-refractivity contribution in [2.45, 2.75) is 20.4 Å².